The van der Waals surface area contributed by atoms with Gasteiger partial charge < -0.3 is 0 Å². The van der Waals surface area contributed by atoms with E-state index >= 15 is 0 Å². The Hall–Kier alpha value is -3.75. The Kier molecular flexibility index (Phi) is 3.02. The molecule has 0 aliphatic rings. The van der Waals surface area contributed by atoms with Gasteiger partial charge in [0, 0.05) is 43.5 Å². The van der Waals surface area contributed by atoms with E-state index in [1.54, 1.807) is 28.0 Å². The fourth-order valence-corrected chi connectivity index (χ4v) is 3.15. The Labute approximate surface area is 147 Å². The molecule has 5 aromatic rings. The van der Waals surface area contributed by atoms with Crippen molar-refractivity contribution in [2.45, 2.75) is 0 Å². The van der Waals surface area contributed by atoms with Crippen LogP contribution in [0.3, 0.4) is 0 Å². The van der Waals surface area contributed by atoms with E-state index in [9.17, 15) is 0 Å². The summed E-state index contributed by atoms with van der Waals surface area (Å²) in [5, 5.41) is 21.0. The maximum Gasteiger partial charge on any atom is 0.166 e. The lowest BCUT2D eigenvalue weighted by molar-refractivity contribution is 0.772. The first-order valence-electron chi connectivity index (χ1n) is 8.07. The highest BCUT2D eigenvalue weighted by molar-refractivity contribution is 5.94. The average molecular weight is 345 g/mol. The van der Waals surface area contributed by atoms with Gasteiger partial charge in [-0.15, -0.1) is 0 Å². The molecule has 0 atom stereocenters. The van der Waals surface area contributed by atoms with Crippen molar-refractivity contribution < 1.29 is 0 Å². The van der Waals surface area contributed by atoms with Crippen LogP contribution in [0.2, 0.25) is 0 Å². The molecule has 9 heteroatoms. The molecule has 0 amide bonds. The topological polar surface area (TPSA) is 95.0 Å². The molecule has 0 radical (unpaired) electrons. The number of aromatic amines is 1. The van der Waals surface area contributed by atoms with Crippen molar-refractivity contribution in [3.05, 3.63) is 49.1 Å². The van der Waals surface area contributed by atoms with Gasteiger partial charge in [0.2, 0.25) is 0 Å². The first-order valence-corrected chi connectivity index (χ1v) is 8.07. The number of pyridine rings is 1. The van der Waals surface area contributed by atoms with E-state index in [0.717, 1.165) is 39.5 Å². The van der Waals surface area contributed by atoms with Gasteiger partial charge in [-0.3, -0.25) is 14.5 Å². The number of aromatic nitrogens is 9. The summed E-state index contributed by atoms with van der Waals surface area (Å²) in [6.07, 6.45) is 7.05. The summed E-state index contributed by atoms with van der Waals surface area (Å²) in [5.41, 5.74) is 4.48. The Bertz CT molecular complexity index is 1210. The maximum absolute atomic E-state index is 4.86. The summed E-state index contributed by atoms with van der Waals surface area (Å²) in [7, 11) is 3.82. The molecule has 0 aromatic carbocycles. The number of fused-ring (bicyclic) bond motifs is 1. The van der Waals surface area contributed by atoms with E-state index in [1.165, 1.54) is 0 Å². The van der Waals surface area contributed by atoms with Crippen molar-refractivity contribution >= 4 is 11.0 Å². The quantitative estimate of drug-likeness (QED) is 0.539. The molecule has 1 N–H and O–H groups in total. The summed E-state index contributed by atoms with van der Waals surface area (Å²) in [6.45, 7) is 0. The van der Waals surface area contributed by atoms with Crippen molar-refractivity contribution in [1.82, 2.24) is 44.5 Å². The number of hydrogen-bond donors (Lipinski definition) is 1. The van der Waals surface area contributed by atoms with Gasteiger partial charge in [0.15, 0.2) is 11.5 Å². The minimum Gasteiger partial charge on any atom is -0.268 e. The zero-order valence-electron chi connectivity index (χ0n) is 14.2. The number of aryl methyl sites for hydroxylation is 2. The second-order valence-corrected chi connectivity index (χ2v) is 5.97. The van der Waals surface area contributed by atoms with E-state index < -0.39 is 0 Å². The highest BCUT2D eigenvalue weighted by Gasteiger charge is 2.18. The van der Waals surface area contributed by atoms with Gasteiger partial charge in [0.1, 0.15) is 0 Å². The summed E-state index contributed by atoms with van der Waals surface area (Å²) in [5.74, 6) is 0.755. The van der Waals surface area contributed by atoms with Gasteiger partial charge >= 0.3 is 0 Å². The van der Waals surface area contributed by atoms with Gasteiger partial charge in [-0.2, -0.15) is 25.1 Å². The average Bonchev–Trinajstić information content (AvgIpc) is 3.40. The molecule has 5 heterocycles. The normalized spacial score (nSPS) is 11.5. The number of nitrogens with one attached hydrogen (secondary N) is 1. The van der Waals surface area contributed by atoms with Gasteiger partial charge in [-0.1, -0.05) is 0 Å². The minimum atomic E-state index is 0.740. The molecule has 0 spiro atoms. The molecule has 0 unspecified atom stereocenters. The van der Waals surface area contributed by atoms with Crippen LogP contribution in [0.5, 0.6) is 0 Å². The number of H-pyrrole nitrogens is 1. The Morgan fingerprint density at radius 1 is 0.885 bits per heavy atom. The predicted molar refractivity (Wildman–Crippen MR) is 95.4 cm³/mol. The van der Waals surface area contributed by atoms with Crippen LogP contribution in [-0.4, -0.2) is 44.5 Å². The third-order valence-corrected chi connectivity index (χ3v) is 4.44. The highest BCUT2D eigenvalue weighted by Crippen LogP contribution is 2.32. The molecule has 0 saturated heterocycles. The van der Waals surface area contributed by atoms with E-state index in [1.807, 2.05) is 43.2 Å². The SMILES string of the molecule is Cn1nccc1-c1cc(-c2ccnn2C)c2cnn(-c3ccn[nH]3)c2n1. The molecular weight excluding hydrogens is 330 g/mol. The largest absolute Gasteiger partial charge is 0.268 e. The van der Waals surface area contributed by atoms with Gasteiger partial charge in [-0.05, 0) is 18.2 Å². The van der Waals surface area contributed by atoms with Crippen molar-refractivity contribution in [1.29, 1.82) is 0 Å². The second kappa shape index (κ2) is 5.38. The highest BCUT2D eigenvalue weighted by atomic mass is 15.4. The number of rotatable bonds is 3. The first-order chi connectivity index (χ1) is 12.7. The molecule has 0 aliphatic carbocycles. The summed E-state index contributed by atoms with van der Waals surface area (Å²) in [4.78, 5) is 4.86. The van der Waals surface area contributed by atoms with Crippen LogP contribution < -0.4 is 0 Å². The molecule has 0 saturated carbocycles. The van der Waals surface area contributed by atoms with Gasteiger partial charge in [0.25, 0.3) is 0 Å². The van der Waals surface area contributed by atoms with Crippen molar-refractivity contribution in [2.75, 3.05) is 0 Å². The standard InChI is InChI=1S/C17H15N9/c1-24-14(3-7-19-24)11-9-13(15-4-8-20-25(15)2)22-17-12(11)10-21-26(17)16-5-6-18-23-16/h3-10H,1-2H3,(H,18,23). The van der Waals surface area contributed by atoms with Crippen LogP contribution in [0.15, 0.2) is 49.1 Å². The zero-order chi connectivity index (χ0) is 17.7. The first kappa shape index (κ1) is 14.6. The Morgan fingerprint density at radius 2 is 1.65 bits per heavy atom. The molecule has 5 aromatic heterocycles. The zero-order valence-corrected chi connectivity index (χ0v) is 14.2. The van der Waals surface area contributed by atoms with Crippen LogP contribution in [0, 0.1) is 0 Å². The summed E-state index contributed by atoms with van der Waals surface area (Å²) >= 11 is 0. The fourth-order valence-electron chi connectivity index (χ4n) is 3.15. The van der Waals surface area contributed by atoms with Gasteiger partial charge in [-0.25, -0.2) is 4.98 Å². The van der Waals surface area contributed by atoms with E-state index in [2.05, 4.69) is 31.6 Å². The fraction of sp³-hybridized carbons (Fsp3) is 0.118. The van der Waals surface area contributed by atoms with Crippen molar-refractivity contribution in [2.24, 2.45) is 14.1 Å². The number of nitrogens with zero attached hydrogens (tertiary/aromatic N) is 8. The van der Waals surface area contributed by atoms with Crippen LogP contribution in [0.25, 0.3) is 39.5 Å². The minimum absolute atomic E-state index is 0.740. The monoisotopic (exact) mass is 345 g/mol. The summed E-state index contributed by atoms with van der Waals surface area (Å²) < 4.78 is 5.40. The van der Waals surface area contributed by atoms with Crippen LogP contribution in [-0.2, 0) is 14.1 Å². The molecule has 128 valence electrons. The lowest BCUT2D eigenvalue weighted by Crippen LogP contribution is -2.02. The van der Waals surface area contributed by atoms with Crippen molar-refractivity contribution in [3.8, 4) is 28.5 Å². The van der Waals surface area contributed by atoms with E-state index in [4.69, 9.17) is 4.98 Å². The lowest BCUT2D eigenvalue weighted by atomic mass is 10.1. The lowest BCUT2D eigenvalue weighted by Gasteiger charge is -2.09. The van der Waals surface area contributed by atoms with Crippen molar-refractivity contribution in [3.63, 3.8) is 0 Å². The Morgan fingerprint density at radius 3 is 2.31 bits per heavy atom. The predicted octanol–water partition coefficient (Wildman–Crippen LogP) is 1.94. The second-order valence-electron chi connectivity index (χ2n) is 5.97. The smallest absolute Gasteiger partial charge is 0.166 e. The Balaban J connectivity index is 1.86. The van der Waals surface area contributed by atoms with E-state index in [0.29, 0.717) is 0 Å². The summed E-state index contributed by atoms with van der Waals surface area (Å²) in [6, 6.07) is 7.83. The van der Waals surface area contributed by atoms with E-state index in [-0.39, 0.29) is 0 Å². The molecule has 26 heavy (non-hydrogen) atoms. The molecule has 0 aliphatic heterocycles. The molecule has 5 rings (SSSR count). The number of hydrogen-bond acceptors (Lipinski definition) is 5. The van der Waals surface area contributed by atoms with Crippen LogP contribution in [0.4, 0.5) is 0 Å². The molecule has 0 fully saturated rings. The van der Waals surface area contributed by atoms with Gasteiger partial charge in [0.05, 0.1) is 29.5 Å². The molecule has 9 nitrogen and oxygen atoms in total. The van der Waals surface area contributed by atoms with Crippen LogP contribution in [0.1, 0.15) is 0 Å². The third kappa shape index (κ3) is 2.07. The molecular formula is C17H15N9. The maximum atomic E-state index is 4.86. The van der Waals surface area contributed by atoms with Crippen LogP contribution >= 0.6 is 0 Å². The molecule has 0 bridgehead atoms. The third-order valence-electron chi connectivity index (χ3n) is 4.44.